The van der Waals surface area contributed by atoms with E-state index in [1.807, 2.05) is 30.3 Å². The van der Waals surface area contributed by atoms with Crippen molar-refractivity contribution in [3.63, 3.8) is 0 Å². The smallest absolute Gasteiger partial charge is 0.409 e. The predicted molar refractivity (Wildman–Crippen MR) is 112 cm³/mol. The number of benzene rings is 1. The van der Waals surface area contributed by atoms with Crippen molar-refractivity contribution in [2.45, 2.75) is 45.4 Å². The highest BCUT2D eigenvalue weighted by Gasteiger charge is 2.22. The normalized spacial score (nSPS) is 12.3. The highest BCUT2D eigenvalue weighted by molar-refractivity contribution is 9.10. The molecule has 2 rings (SSSR count). The van der Waals surface area contributed by atoms with E-state index in [0.29, 0.717) is 26.5 Å². The van der Waals surface area contributed by atoms with Crippen LogP contribution in [0.15, 0.2) is 40.9 Å². The van der Waals surface area contributed by atoms with Crippen molar-refractivity contribution in [3.8, 4) is 0 Å². The van der Waals surface area contributed by atoms with Crippen molar-refractivity contribution < 1.29 is 14.3 Å². The summed E-state index contributed by atoms with van der Waals surface area (Å²) in [5.74, 6) is -0.304. The Balaban J connectivity index is 2.05. The van der Waals surface area contributed by atoms with Gasteiger partial charge in [-0.05, 0) is 61.2 Å². The van der Waals surface area contributed by atoms with Crippen molar-refractivity contribution in [1.29, 1.82) is 0 Å². The van der Waals surface area contributed by atoms with Crippen molar-refractivity contribution in [2.75, 3.05) is 0 Å². The molecule has 1 aromatic carbocycles. The number of aryl methyl sites for hydroxylation is 1. The summed E-state index contributed by atoms with van der Waals surface area (Å²) >= 11 is 10.5. The summed E-state index contributed by atoms with van der Waals surface area (Å²) in [6.07, 6.45) is 0.0598. The van der Waals surface area contributed by atoms with Gasteiger partial charge in [-0.1, -0.05) is 41.9 Å². The van der Waals surface area contributed by atoms with Crippen LogP contribution >= 0.6 is 38.9 Å². The van der Waals surface area contributed by atoms with Crippen LogP contribution in [0.5, 0.6) is 0 Å². The van der Waals surface area contributed by atoms with Gasteiger partial charge in [0, 0.05) is 4.47 Å². The minimum absolute atomic E-state index is 0.304. The molecule has 8 heteroatoms. The van der Waals surface area contributed by atoms with Gasteiger partial charge in [0.1, 0.15) is 16.1 Å². The second kappa shape index (κ2) is 9.57. The molecule has 0 aliphatic heterocycles. The number of carbonyl (C=O) groups excluding carboxylic acids is 2. The van der Waals surface area contributed by atoms with E-state index in [1.54, 1.807) is 26.8 Å². The number of hydrogen-bond donors (Lipinski definition) is 2. The van der Waals surface area contributed by atoms with Crippen LogP contribution in [0, 0.1) is 0 Å². The average molecular weight is 474 g/mol. The molecule has 0 radical (unpaired) electrons. The first-order valence-electron chi connectivity index (χ1n) is 8.43. The molecule has 2 aromatic rings. The summed E-state index contributed by atoms with van der Waals surface area (Å²) in [4.78, 5) is 25.1. The second-order valence-electron chi connectivity index (χ2n) is 6.93. The molecule has 0 aliphatic rings. The molecular weight excluding hydrogens is 452 g/mol. The van der Waals surface area contributed by atoms with E-state index in [-0.39, 0.29) is 5.91 Å². The standard InChI is InChI=1S/C19H22BrClN2O3S/c1-19(2,3)26-18(25)23-15(10-9-12-7-5-4-6-8-12)22-17(24)14-11-13(20)16(21)27-14/h4-8,11,15H,9-10H2,1-3H3,(H,22,24)(H,23,25). The van der Waals surface area contributed by atoms with E-state index >= 15 is 0 Å². The molecule has 0 spiro atoms. The van der Waals surface area contributed by atoms with Crippen LogP contribution in [0.4, 0.5) is 4.79 Å². The van der Waals surface area contributed by atoms with Gasteiger partial charge in [0.25, 0.3) is 5.91 Å². The minimum atomic E-state index is -0.621. The largest absolute Gasteiger partial charge is 0.444 e. The maximum Gasteiger partial charge on any atom is 0.409 e. The zero-order valence-corrected chi connectivity index (χ0v) is 18.5. The molecule has 0 aliphatic carbocycles. The zero-order valence-electron chi connectivity index (χ0n) is 15.3. The minimum Gasteiger partial charge on any atom is -0.444 e. The van der Waals surface area contributed by atoms with Gasteiger partial charge in [-0.25, -0.2) is 4.79 Å². The van der Waals surface area contributed by atoms with E-state index in [2.05, 4.69) is 26.6 Å². The molecule has 1 atom stereocenters. The van der Waals surface area contributed by atoms with Gasteiger partial charge in [0.2, 0.25) is 0 Å². The lowest BCUT2D eigenvalue weighted by molar-refractivity contribution is 0.0490. The molecule has 1 unspecified atom stereocenters. The fourth-order valence-electron chi connectivity index (χ4n) is 2.27. The summed E-state index contributed by atoms with van der Waals surface area (Å²) in [5, 5.41) is 5.57. The van der Waals surface area contributed by atoms with Crippen LogP contribution in [0.1, 0.15) is 42.4 Å². The third kappa shape index (κ3) is 7.52. The van der Waals surface area contributed by atoms with Gasteiger partial charge in [0.05, 0.1) is 4.88 Å². The fraction of sp³-hybridized carbons (Fsp3) is 0.368. The van der Waals surface area contributed by atoms with E-state index in [0.717, 1.165) is 5.56 Å². The number of hydrogen-bond acceptors (Lipinski definition) is 4. The number of carbonyl (C=O) groups is 2. The average Bonchev–Trinajstić information content (AvgIpc) is 2.91. The van der Waals surface area contributed by atoms with Crippen LogP contribution in [-0.2, 0) is 11.2 Å². The molecule has 1 heterocycles. The molecule has 0 fully saturated rings. The SMILES string of the molecule is CC(C)(C)OC(=O)NC(CCc1ccccc1)NC(=O)c1cc(Br)c(Cl)s1. The third-order valence-electron chi connectivity index (χ3n) is 3.43. The molecular formula is C19H22BrClN2O3S. The lowest BCUT2D eigenvalue weighted by atomic mass is 10.1. The Bertz CT molecular complexity index is 770. The first-order valence-corrected chi connectivity index (χ1v) is 10.4. The van der Waals surface area contributed by atoms with Gasteiger partial charge in [-0.2, -0.15) is 0 Å². The van der Waals surface area contributed by atoms with Gasteiger partial charge < -0.3 is 15.4 Å². The fourth-order valence-corrected chi connectivity index (χ4v) is 3.88. The molecule has 2 amide bonds. The summed E-state index contributed by atoms with van der Waals surface area (Å²) in [6, 6.07) is 11.5. The maximum atomic E-state index is 12.5. The molecule has 0 saturated heterocycles. The Morgan fingerprint density at radius 2 is 1.89 bits per heavy atom. The Morgan fingerprint density at radius 1 is 1.22 bits per heavy atom. The van der Waals surface area contributed by atoms with Crippen molar-refractivity contribution in [3.05, 3.63) is 55.6 Å². The van der Waals surface area contributed by atoms with E-state index < -0.39 is 17.9 Å². The molecule has 2 N–H and O–H groups in total. The Hall–Kier alpha value is -1.57. The quantitative estimate of drug-likeness (QED) is 0.554. The number of amides is 2. The monoisotopic (exact) mass is 472 g/mol. The zero-order chi connectivity index (χ0) is 20.0. The lowest BCUT2D eigenvalue weighted by Gasteiger charge is -2.24. The molecule has 0 bridgehead atoms. The maximum absolute atomic E-state index is 12.5. The first-order chi connectivity index (χ1) is 12.6. The van der Waals surface area contributed by atoms with Crippen LogP contribution in [-0.4, -0.2) is 23.8 Å². The second-order valence-corrected chi connectivity index (χ2v) is 9.44. The Kier molecular flexibility index (Phi) is 7.70. The van der Waals surface area contributed by atoms with Gasteiger partial charge in [-0.15, -0.1) is 11.3 Å². The Morgan fingerprint density at radius 3 is 2.44 bits per heavy atom. The van der Waals surface area contributed by atoms with E-state index in [9.17, 15) is 9.59 Å². The molecule has 27 heavy (non-hydrogen) atoms. The molecule has 5 nitrogen and oxygen atoms in total. The van der Waals surface area contributed by atoms with Gasteiger partial charge >= 0.3 is 6.09 Å². The molecule has 1 aromatic heterocycles. The van der Waals surface area contributed by atoms with Crippen molar-refractivity contribution in [2.24, 2.45) is 0 Å². The predicted octanol–water partition coefficient (Wildman–Crippen LogP) is 5.38. The summed E-state index contributed by atoms with van der Waals surface area (Å²) in [5.41, 5.74) is 0.495. The van der Waals surface area contributed by atoms with Crippen LogP contribution in [0.25, 0.3) is 0 Å². The van der Waals surface area contributed by atoms with Crippen LogP contribution < -0.4 is 10.6 Å². The summed E-state index contributed by atoms with van der Waals surface area (Å²) in [6.45, 7) is 5.36. The van der Waals surface area contributed by atoms with Crippen molar-refractivity contribution in [1.82, 2.24) is 10.6 Å². The van der Waals surface area contributed by atoms with Crippen molar-refractivity contribution >= 4 is 50.9 Å². The Labute approximate surface area is 176 Å². The highest BCUT2D eigenvalue weighted by atomic mass is 79.9. The van der Waals surface area contributed by atoms with E-state index in [1.165, 1.54) is 11.3 Å². The number of nitrogens with one attached hydrogen (secondary N) is 2. The number of thiophene rings is 1. The van der Waals surface area contributed by atoms with Crippen LogP contribution in [0.2, 0.25) is 4.34 Å². The molecule has 146 valence electrons. The third-order valence-corrected chi connectivity index (χ3v) is 5.90. The number of alkyl carbamates (subject to hydrolysis) is 1. The summed E-state index contributed by atoms with van der Waals surface area (Å²) < 4.78 is 6.47. The van der Waals surface area contributed by atoms with E-state index in [4.69, 9.17) is 16.3 Å². The highest BCUT2D eigenvalue weighted by Crippen LogP contribution is 2.31. The lowest BCUT2D eigenvalue weighted by Crippen LogP contribution is -2.49. The van der Waals surface area contributed by atoms with Crippen LogP contribution in [0.3, 0.4) is 0 Å². The number of rotatable bonds is 6. The van der Waals surface area contributed by atoms with Gasteiger partial charge in [0.15, 0.2) is 0 Å². The molecule has 0 saturated carbocycles. The topological polar surface area (TPSA) is 67.4 Å². The first kappa shape index (κ1) is 21.7. The summed E-state index contributed by atoms with van der Waals surface area (Å²) in [7, 11) is 0. The number of halogens is 2. The number of ether oxygens (including phenoxy) is 1. The van der Waals surface area contributed by atoms with Gasteiger partial charge in [-0.3, -0.25) is 4.79 Å².